The molecule has 0 aliphatic carbocycles. The number of benzene rings is 1. The number of hydrogen-bond acceptors (Lipinski definition) is 7. The Labute approximate surface area is 179 Å². The maximum Gasteiger partial charge on any atom is 0.305 e. The standard InChI is InChI=1S/C20H24FN3O6S/c1-12-17(9-8-15(25)10-16(26)11-18(27)28)19(13-4-6-14(21)7-5-13)23-20(22-12)24(2)31(3,29)30/h4-9,15-16,25-26H,10-11H2,1-3H3,(H,27,28)/b9-8+/t15-,16+/m1/s1. The minimum absolute atomic E-state index is 0.0751. The number of anilines is 1. The number of carbonyl (C=O) groups is 1. The van der Waals surface area contributed by atoms with E-state index in [1.165, 1.54) is 43.5 Å². The van der Waals surface area contributed by atoms with E-state index in [1.807, 2.05) is 0 Å². The number of aliphatic hydroxyl groups is 2. The van der Waals surface area contributed by atoms with Crippen LogP contribution in [0.2, 0.25) is 0 Å². The van der Waals surface area contributed by atoms with Crippen LogP contribution in [-0.4, -0.2) is 65.2 Å². The minimum atomic E-state index is -3.63. The Bertz CT molecular complexity index is 1070. The van der Waals surface area contributed by atoms with E-state index in [1.54, 1.807) is 6.92 Å². The van der Waals surface area contributed by atoms with Gasteiger partial charge in [-0.2, -0.15) is 0 Å². The summed E-state index contributed by atoms with van der Waals surface area (Å²) in [5, 5.41) is 28.5. The van der Waals surface area contributed by atoms with Gasteiger partial charge in [-0.1, -0.05) is 12.2 Å². The van der Waals surface area contributed by atoms with E-state index in [-0.39, 0.29) is 12.4 Å². The van der Waals surface area contributed by atoms with Gasteiger partial charge in [0.05, 0.1) is 36.3 Å². The van der Waals surface area contributed by atoms with Crippen molar-refractivity contribution in [3.63, 3.8) is 0 Å². The van der Waals surface area contributed by atoms with Crippen molar-refractivity contribution in [3.05, 3.63) is 47.4 Å². The van der Waals surface area contributed by atoms with Gasteiger partial charge in [-0.3, -0.25) is 4.79 Å². The van der Waals surface area contributed by atoms with Gasteiger partial charge in [0.1, 0.15) is 5.82 Å². The van der Waals surface area contributed by atoms with Crippen molar-refractivity contribution < 1.29 is 32.9 Å². The zero-order valence-electron chi connectivity index (χ0n) is 17.2. The Morgan fingerprint density at radius 3 is 2.39 bits per heavy atom. The highest BCUT2D eigenvalue weighted by atomic mass is 32.2. The molecule has 1 aromatic heterocycles. The van der Waals surface area contributed by atoms with E-state index in [4.69, 9.17) is 5.11 Å². The summed E-state index contributed by atoms with van der Waals surface area (Å²) in [6.07, 6.45) is 0.796. The van der Waals surface area contributed by atoms with Gasteiger partial charge >= 0.3 is 5.97 Å². The Morgan fingerprint density at radius 1 is 1.23 bits per heavy atom. The monoisotopic (exact) mass is 453 g/mol. The molecule has 1 aromatic carbocycles. The SMILES string of the molecule is Cc1nc(N(C)S(C)(=O)=O)nc(-c2ccc(F)cc2)c1/C=C/[C@@H](O)C[C@H](O)CC(=O)O. The molecule has 1 heterocycles. The predicted molar refractivity (Wildman–Crippen MR) is 113 cm³/mol. The molecule has 0 unspecified atom stereocenters. The van der Waals surface area contributed by atoms with Gasteiger partial charge in [-0.25, -0.2) is 27.1 Å². The van der Waals surface area contributed by atoms with Crippen molar-refractivity contribution in [3.8, 4) is 11.3 Å². The number of rotatable bonds is 9. The fraction of sp³-hybridized carbons (Fsp3) is 0.350. The first-order chi connectivity index (χ1) is 14.4. The lowest BCUT2D eigenvalue weighted by Gasteiger charge is -2.18. The third-order valence-electron chi connectivity index (χ3n) is 4.43. The summed E-state index contributed by atoms with van der Waals surface area (Å²) in [7, 11) is -2.32. The predicted octanol–water partition coefficient (Wildman–Crippen LogP) is 1.59. The number of aryl methyl sites for hydroxylation is 1. The molecule has 168 valence electrons. The molecule has 11 heteroatoms. The van der Waals surface area contributed by atoms with Crippen LogP contribution in [0.3, 0.4) is 0 Å². The molecule has 0 aliphatic rings. The minimum Gasteiger partial charge on any atom is -0.481 e. The van der Waals surface area contributed by atoms with Gasteiger partial charge in [0.15, 0.2) is 0 Å². The Balaban J connectivity index is 2.48. The molecule has 0 saturated heterocycles. The highest BCUT2D eigenvalue weighted by Gasteiger charge is 2.20. The van der Waals surface area contributed by atoms with Crippen molar-refractivity contribution in [1.29, 1.82) is 0 Å². The fourth-order valence-corrected chi connectivity index (χ4v) is 3.11. The highest BCUT2D eigenvalue weighted by molar-refractivity contribution is 7.92. The molecule has 9 nitrogen and oxygen atoms in total. The lowest BCUT2D eigenvalue weighted by molar-refractivity contribution is -0.139. The van der Waals surface area contributed by atoms with Crippen LogP contribution in [0.4, 0.5) is 10.3 Å². The highest BCUT2D eigenvalue weighted by Crippen LogP contribution is 2.28. The van der Waals surface area contributed by atoms with Crippen LogP contribution in [-0.2, 0) is 14.8 Å². The summed E-state index contributed by atoms with van der Waals surface area (Å²) in [6, 6.07) is 5.42. The van der Waals surface area contributed by atoms with Crippen LogP contribution in [0.5, 0.6) is 0 Å². The van der Waals surface area contributed by atoms with E-state index < -0.39 is 40.4 Å². The average molecular weight is 453 g/mol. The number of carboxylic acid groups (broad SMARTS) is 1. The number of hydrogen-bond donors (Lipinski definition) is 3. The number of sulfonamides is 1. The first-order valence-corrected chi connectivity index (χ1v) is 11.1. The second-order valence-corrected chi connectivity index (χ2v) is 9.04. The molecule has 3 N–H and O–H groups in total. The van der Waals surface area contributed by atoms with Crippen LogP contribution >= 0.6 is 0 Å². The van der Waals surface area contributed by atoms with Crippen molar-refractivity contribution in [2.24, 2.45) is 0 Å². The lowest BCUT2D eigenvalue weighted by atomic mass is 10.0. The van der Waals surface area contributed by atoms with E-state index >= 15 is 0 Å². The zero-order valence-corrected chi connectivity index (χ0v) is 18.0. The van der Waals surface area contributed by atoms with Crippen molar-refractivity contribution in [1.82, 2.24) is 9.97 Å². The topological polar surface area (TPSA) is 141 Å². The third kappa shape index (κ3) is 6.81. The van der Waals surface area contributed by atoms with Crippen LogP contribution in [0.25, 0.3) is 17.3 Å². The smallest absolute Gasteiger partial charge is 0.305 e. The van der Waals surface area contributed by atoms with Gasteiger partial charge in [-0.15, -0.1) is 0 Å². The van der Waals surface area contributed by atoms with Gasteiger partial charge in [0, 0.05) is 24.6 Å². The molecule has 0 radical (unpaired) electrons. The molecule has 0 fully saturated rings. The number of nitrogens with zero attached hydrogens (tertiary/aromatic N) is 3. The molecule has 2 atom stereocenters. The molecule has 0 amide bonds. The van der Waals surface area contributed by atoms with Crippen LogP contribution in [0, 0.1) is 12.7 Å². The third-order valence-corrected chi connectivity index (χ3v) is 5.59. The summed E-state index contributed by atoms with van der Waals surface area (Å²) in [5.41, 5.74) is 1.65. The van der Waals surface area contributed by atoms with Gasteiger partial charge in [0.25, 0.3) is 0 Å². The zero-order chi connectivity index (χ0) is 23.3. The largest absolute Gasteiger partial charge is 0.481 e. The Morgan fingerprint density at radius 2 is 1.84 bits per heavy atom. The second kappa shape index (κ2) is 9.94. The summed E-state index contributed by atoms with van der Waals surface area (Å²) in [6.45, 7) is 1.62. The molecular formula is C20H24FN3O6S. The normalized spacial score (nSPS) is 13.9. The molecule has 31 heavy (non-hydrogen) atoms. The van der Waals surface area contributed by atoms with Crippen molar-refractivity contribution in [2.75, 3.05) is 17.6 Å². The number of aliphatic hydroxyl groups excluding tert-OH is 2. The van der Waals surface area contributed by atoms with E-state index in [2.05, 4.69) is 9.97 Å². The van der Waals surface area contributed by atoms with Crippen LogP contribution in [0.15, 0.2) is 30.3 Å². The summed E-state index contributed by atoms with van der Waals surface area (Å²) >= 11 is 0. The van der Waals surface area contributed by atoms with Crippen molar-refractivity contribution in [2.45, 2.75) is 32.0 Å². The molecule has 0 spiro atoms. The van der Waals surface area contributed by atoms with E-state index in [0.29, 0.717) is 22.5 Å². The first-order valence-electron chi connectivity index (χ1n) is 9.23. The molecular weight excluding hydrogens is 429 g/mol. The number of aliphatic carboxylic acids is 1. The quantitative estimate of drug-likeness (QED) is 0.520. The summed E-state index contributed by atoms with van der Waals surface area (Å²) in [5.74, 6) is -1.71. The molecule has 2 aromatic rings. The summed E-state index contributed by atoms with van der Waals surface area (Å²) < 4.78 is 38.1. The maximum absolute atomic E-state index is 13.4. The van der Waals surface area contributed by atoms with Crippen molar-refractivity contribution >= 4 is 28.0 Å². The molecule has 0 aliphatic heterocycles. The number of halogens is 1. The fourth-order valence-electron chi connectivity index (χ4n) is 2.73. The first kappa shape index (κ1) is 24.4. The van der Waals surface area contributed by atoms with Gasteiger partial charge < -0.3 is 15.3 Å². The van der Waals surface area contributed by atoms with E-state index in [9.17, 15) is 27.8 Å². The average Bonchev–Trinajstić information content (AvgIpc) is 2.65. The molecule has 0 bridgehead atoms. The molecule has 0 saturated carbocycles. The van der Waals surface area contributed by atoms with E-state index in [0.717, 1.165) is 10.6 Å². The second-order valence-electron chi connectivity index (χ2n) is 7.02. The maximum atomic E-state index is 13.4. The summed E-state index contributed by atoms with van der Waals surface area (Å²) in [4.78, 5) is 19.2. The van der Waals surface area contributed by atoms with Gasteiger partial charge in [-0.05, 0) is 31.2 Å². The number of aromatic nitrogens is 2. The number of carboxylic acids is 1. The lowest BCUT2D eigenvalue weighted by Crippen LogP contribution is -2.27. The van der Waals surface area contributed by atoms with Crippen LogP contribution in [0.1, 0.15) is 24.1 Å². The van der Waals surface area contributed by atoms with Gasteiger partial charge in [0.2, 0.25) is 16.0 Å². The Hall–Kier alpha value is -2.89. The molecule has 2 rings (SSSR count). The Kier molecular flexibility index (Phi) is 7.82. The van der Waals surface area contributed by atoms with Crippen LogP contribution < -0.4 is 4.31 Å².